The van der Waals surface area contributed by atoms with Crippen molar-refractivity contribution in [3.05, 3.63) is 95.1 Å². The molecular weight excluding hydrogens is 547 g/mol. The molecule has 3 aromatic carbocycles. The van der Waals surface area contributed by atoms with Crippen molar-refractivity contribution in [3.63, 3.8) is 0 Å². The Bertz CT molecular complexity index is 996. The third kappa shape index (κ3) is 8.95. The van der Waals surface area contributed by atoms with E-state index in [9.17, 15) is 0 Å². The van der Waals surface area contributed by atoms with Gasteiger partial charge in [-0.25, -0.2) is 5.57 Å². The van der Waals surface area contributed by atoms with Gasteiger partial charge >= 0.3 is 43.1 Å². The molecule has 30 heavy (non-hydrogen) atoms. The van der Waals surface area contributed by atoms with E-state index in [1.807, 2.05) is 6.07 Å². The molecule has 4 rings (SSSR count). The van der Waals surface area contributed by atoms with Crippen LogP contribution in [0.4, 0.5) is 0 Å². The monoisotopic (exact) mass is 576 g/mol. The second kappa shape index (κ2) is 14.6. The van der Waals surface area contributed by atoms with Crippen molar-refractivity contribution in [3.8, 4) is 0 Å². The van der Waals surface area contributed by atoms with Crippen LogP contribution in [0.3, 0.4) is 0 Å². The van der Waals surface area contributed by atoms with Gasteiger partial charge in [0.2, 0.25) is 0 Å². The number of allylic oxidation sites excluding steroid dienone is 4. The average molecular weight is 577 g/mol. The van der Waals surface area contributed by atoms with E-state index in [2.05, 4.69) is 106 Å². The van der Waals surface area contributed by atoms with Gasteiger partial charge in [-0.2, -0.15) is 17.2 Å². The van der Waals surface area contributed by atoms with Crippen LogP contribution >= 0.6 is 0 Å². The van der Waals surface area contributed by atoms with Gasteiger partial charge in [0.25, 0.3) is 0 Å². The predicted octanol–water partition coefficient (Wildman–Crippen LogP) is 1.44. The zero-order valence-electron chi connectivity index (χ0n) is 18.7. The Balaban J connectivity index is 0.000000455. The van der Waals surface area contributed by atoms with Crippen molar-refractivity contribution in [1.82, 2.24) is 0 Å². The minimum atomic E-state index is -0.243. The first-order valence-corrected chi connectivity index (χ1v) is 21.4. The first-order valence-electron chi connectivity index (χ1n) is 9.80. The van der Waals surface area contributed by atoms with E-state index in [1.165, 1.54) is 38.6 Å². The fraction of sp³-hybridized carbons (Fsp3) is 0.269. The van der Waals surface area contributed by atoms with E-state index >= 15 is 0 Å². The summed E-state index contributed by atoms with van der Waals surface area (Å²) in [7, 11) is -0.243. The maximum Gasteiger partial charge on any atom is -1.00 e. The van der Waals surface area contributed by atoms with Crippen molar-refractivity contribution in [1.29, 1.82) is 0 Å². The van der Waals surface area contributed by atoms with Crippen molar-refractivity contribution in [2.24, 2.45) is 5.92 Å². The van der Waals surface area contributed by atoms with Crippen LogP contribution in [-0.2, 0) is 21.6 Å². The first kappa shape index (κ1) is 29.5. The van der Waals surface area contributed by atoms with E-state index in [-0.39, 0.29) is 34.8 Å². The minimum Gasteiger partial charge on any atom is -1.00 e. The smallest absolute Gasteiger partial charge is 1.00 e. The average Bonchev–Trinajstić information content (AvgIpc) is 3.14. The fourth-order valence-electron chi connectivity index (χ4n) is 3.28. The number of hydrogen-bond acceptors (Lipinski definition) is 0. The number of hydrogen-bond donors (Lipinski definition) is 0. The summed E-state index contributed by atoms with van der Waals surface area (Å²) in [6, 6.07) is 21.3. The Morgan fingerprint density at radius 2 is 1.43 bits per heavy atom. The molecule has 1 unspecified atom stereocenters. The number of halogens is 2. The molecule has 0 aliphatic heterocycles. The Kier molecular flexibility index (Phi) is 14.3. The van der Waals surface area contributed by atoms with Crippen molar-refractivity contribution in [2.45, 2.75) is 39.2 Å². The van der Waals surface area contributed by atoms with Gasteiger partial charge in [-0.3, -0.25) is 6.08 Å². The van der Waals surface area contributed by atoms with Crippen LogP contribution in [0.2, 0.25) is 11.5 Å². The van der Waals surface area contributed by atoms with Gasteiger partial charge in [0, 0.05) is 0 Å². The van der Waals surface area contributed by atoms with Gasteiger partial charge in [0.15, 0.2) is 0 Å². The van der Waals surface area contributed by atoms with Crippen molar-refractivity contribution >= 4 is 26.3 Å². The van der Waals surface area contributed by atoms with E-state index in [0.717, 1.165) is 0 Å². The molecule has 0 saturated heterocycles. The quantitative estimate of drug-likeness (QED) is 0.304. The van der Waals surface area contributed by atoms with Crippen LogP contribution in [0.5, 0.6) is 0 Å². The summed E-state index contributed by atoms with van der Waals surface area (Å²) in [4.78, 5) is 0. The summed E-state index contributed by atoms with van der Waals surface area (Å²) < 4.78 is 0. The molecule has 1 atom stereocenters. The standard InChI is InChI=1S/C13H13.C11H11.C2H6Ge.2ClH.Zr/c1-10-8-11(2)13(9-10)12-6-4-3-5-7-12;1-8-7-10-5-3-4-6-11(10)9(8)2;1-3-2;;;/h3-7,9-10H,1-2H3;3-7H,1-2H3;1-2H3;2*1H;/q2*-1;;;;+2/p-2. The minimum absolute atomic E-state index is 0. The zero-order chi connectivity index (χ0) is 20.7. The summed E-state index contributed by atoms with van der Waals surface area (Å²) in [5, 5.41) is 2.76. The summed E-state index contributed by atoms with van der Waals surface area (Å²) in [6.45, 7) is 8.63. The maximum atomic E-state index is 3.39. The summed E-state index contributed by atoms with van der Waals surface area (Å²) in [6.07, 6.45) is 5.66. The van der Waals surface area contributed by atoms with Gasteiger partial charge < -0.3 is 24.8 Å². The summed E-state index contributed by atoms with van der Waals surface area (Å²) >= 11 is 1.80. The molecule has 0 heterocycles. The topological polar surface area (TPSA) is 0 Å². The van der Waals surface area contributed by atoms with Crippen molar-refractivity contribution < 1.29 is 46.4 Å². The van der Waals surface area contributed by atoms with Crippen LogP contribution in [0.1, 0.15) is 30.5 Å². The van der Waals surface area contributed by atoms with E-state index in [1.54, 1.807) is 21.6 Å². The largest absolute Gasteiger partial charge is 1.00 e. The predicted molar refractivity (Wildman–Crippen MR) is 123 cm³/mol. The van der Waals surface area contributed by atoms with Crippen LogP contribution < -0.4 is 24.8 Å². The molecule has 158 valence electrons. The number of fused-ring (bicyclic) bond motifs is 1. The van der Waals surface area contributed by atoms with E-state index in [0.29, 0.717) is 5.92 Å². The number of benzene rings is 2. The van der Waals surface area contributed by atoms with Gasteiger partial charge in [-0.15, -0.1) is 46.2 Å². The van der Waals surface area contributed by atoms with E-state index in [4.69, 9.17) is 0 Å². The second-order valence-electron chi connectivity index (χ2n) is 7.54. The molecule has 0 nitrogen and oxygen atoms in total. The Labute approximate surface area is 211 Å². The maximum absolute atomic E-state index is 3.39. The summed E-state index contributed by atoms with van der Waals surface area (Å²) in [5.41, 5.74) is 6.73. The Morgan fingerprint density at radius 1 is 0.900 bits per heavy atom. The molecule has 0 spiro atoms. The van der Waals surface area contributed by atoms with Gasteiger partial charge in [0.1, 0.15) is 0 Å². The SMILES string of the molecule is CC1=[C-]C(C)C=C1c1ccccc1.Cc1[cH-]c2ccccc2c1C.[CH3][Ge]([CH3])=[Zr+2].[Cl-].[Cl-]. The first-order chi connectivity index (χ1) is 13.3. The molecule has 0 amide bonds. The van der Waals surface area contributed by atoms with Crippen LogP contribution in [0, 0.1) is 25.8 Å². The third-order valence-corrected chi connectivity index (χ3v) is 4.68. The van der Waals surface area contributed by atoms with Crippen molar-refractivity contribution in [2.75, 3.05) is 0 Å². The Hall–Kier alpha value is -0.464. The normalized spacial score (nSPS) is 14.1. The molecular formula is C26H30Cl2GeZr-2. The van der Waals surface area contributed by atoms with Crippen LogP contribution in [0.15, 0.2) is 72.3 Å². The fourth-order valence-corrected chi connectivity index (χ4v) is 3.28. The molecule has 0 bridgehead atoms. The molecule has 0 saturated carbocycles. The van der Waals surface area contributed by atoms with Crippen LogP contribution in [-0.4, -0.2) is 9.98 Å². The molecule has 0 N–H and O–H groups in total. The number of rotatable bonds is 1. The number of aryl methyl sites for hydroxylation is 2. The van der Waals surface area contributed by atoms with E-state index < -0.39 is 0 Å². The van der Waals surface area contributed by atoms with Gasteiger partial charge in [-0.1, -0.05) is 70.0 Å². The Morgan fingerprint density at radius 3 is 1.93 bits per heavy atom. The molecule has 0 fully saturated rings. The molecule has 0 aromatic heterocycles. The molecule has 3 aromatic rings. The molecule has 1 aliphatic rings. The molecule has 0 radical (unpaired) electrons. The van der Waals surface area contributed by atoms with Crippen LogP contribution in [0.25, 0.3) is 16.3 Å². The summed E-state index contributed by atoms with van der Waals surface area (Å²) in [5.74, 6) is 5.21. The van der Waals surface area contributed by atoms with Gasteiger partial charge in [-0.05, 0) is 0 Å². The second-order valence-corrected chi connectivity index (χ2v) is 24.5. The third-order valence-electron chi connectivity index (χ3n) is 4.68. The molecule has 4 heteroatoms. The molecule has 1 aliphatic carbocycles. The van der Waals surface area contributed by atoms with Gasteiger partial charge in [0.05, 0.1) is 0 Å². The zero-order valence-corrected chi connectivity index (χ0v) is 24.8.